The molecule has 5 aromatic carbocycles. The molecule has 0 amide bonds. The van der Waals surface area contributed by atoms with Crippen LogP contribution in [0.2, 0.25) is 0 Å². The Labute approximate surface area is 235 Å². The van der Waals surface area contributed by atoms with E-state index < -0.39 is 0 Å². The highest BCUT2D eigenvalue weighted by Crippen LogP contribution is 2.47. The Bertz CT molecular complexity index is 2180. The van der Waals surface area contributed by atoms with Gasteiger partial charge in [-0.25, -0.2) is 0 Å². The van der Waals surface area contributed by atoms with Gasteiger partial charge >= 0.3 is 0 Å². The maximum absolute atomic E-state index is 6.29. The van der Waals surface area contributed by atoms with Gasteiger partial charge in [0.1, 0.15) is 11.5 Å². The second kappa shape index (κ2) is 9.30. The van der Waals surface area contributed by atoms with Crippen LogP contribution in [0, 0.1) is 0 Å². The molecule has 3 aromatic heterocycles. The molecular formula is C36H22N2OS. The van der Waals surface area contributed by atoms with Gasteiger partial charge in [-0.3, -0.25) is 9.97 Å². The molecule has 3 nitrogen and oxygen atoms in total. The van der Waals surface area contributed by atoms with E-state index in [-0.39, 0.29) is 0 Å². The van der Waals surface area contributed by atoms with Crippen molar-refractivity contribution in [1.29, 1.82) is 0 Å². The lowest BCUT2D eigenvalue weighted by molar-refractivity contribution is 0.484. The Morgan fingerprint density at radius 2 is 1.38 bits per heavy atom. The molecule has 0 aliphatic carbocycles. The summed E-state index contributed by atoms with van der Waals surface area (Å²) in [6, 6.07) is 37.4. The van der Waals surface area contributed by atoms with E-state index in [1.165, 1.54) is 30.9 Å². The molecule has 0 bridgehead atoms. The van der Waals surface area contributed by atoms with Crippen molar-refractivity contribution in [3.05, 3.63) is 133 Å². The second-order valence-corrected chi connectivity index (χ2v) is 10.9. The van der Waals surface area contributed by atoms with Gasteiger partial charge in [0, 0.05) is 48.9 Å². The van der Waals surface area contributed by atoms with Crippen molar-refractivity contribution in [2.24, 2.45) is 0 Å². The van der Waals surface area contributed by atoms with Crippen LogP contribution in [0.4, 0.5) is 0 Å². The molecule has 0 atom stereocenters. The normalized spacial score (nSPS) is 11.9. The van der Waals surface area contributed by atoms with Gasteiger partial charge in [0.15, 0.2) is 0 Å². The molecule has 0 fully saturated rings. The standard InChI is InChI=1S/C36H22N2OS/c1-2-10-25(11-3-1)39-26-21-29-28-13-8-20-38-36(28)33-24(17-18-31-35(33)34(29)32(22-26)40-31)16-15-23-9-4-5-12-27(23)30-14-6-7-19-37-30/h1-22H/b16-15+. The number of ether oxygens (including phenoxy) is 1. The van der Waals surface area contributed by atoms with Crippen LogP contribution in [0.1, 0.15) is 11.1 Å². The maximum Gasteiger partial charge on any atom is 0.129 e. The van der Waals surface area contributed by atoms with Crippen molar-refractivity contribution in [3.8, 4) is 22.8 Å². The summed E-state index contributed by atoms with van der Waals surface area (Å²) in [4.78, 5) is 9.51. The van der Waals surface area contributed by atoms with Crippen LogP contribution in [-0.2, 0) is 0 Å². The van der Waals surface area contributed by atoms with Crippen LogP contribution < -0.4 is 4.74 Å². The molecule has 188 valence electrons. The lowest BCUT2D eigenvalue weighted by Crippen LogP contribution is -1.89. The van der Waals surface area contributed by atoms with E-state index in [1.54, 1.807) is 0 Å². The molecule has 0 saturated carbocycles. The monoisotopic (exact) mass is 530 g/mol. The summed E-state index contributed by atoms with van der Waals surface area (Å²) in [5.41, 5.74) is 5.37. The van der Waals surface area contributed by atoms with Crippen molar-refractivity contribution in [3.63, 3.8) is 0 Å². The molecule has 0 aliphatic heterocycles. The zero-order chi connectivity index (χ0) is 26.5. The van der Waals surface area contributed by atoms with E-state index in [0.29, 0.717) is 0 Å². The molecule has 0 N–H and O–H groups in total. The first kappa shape index (κ1) is 22.9. The third kappa shape index (κ3) is 3.73. The average molecular weight is 531 g/mol. The van der Waals surface area contributed by atoms with Crippen LogP contribution in [0.3, 0.4) is 0 Å². The SMILES string of the molecule is C(=C\c1ccc2sc3cc(Oc4ccccc4)cc4c5cccnc5c1c2c34)/c1ccccc1-c1ccccn1. The summed E-state index contributed by atoms with van der Waals surface area (Å²) in [7, 11) is 0. The van der Waals surface area contributed by atoms with Crippen LogP contribution in [0.15, 0.2) is 122 Å². The predicted molar refractivity (Wildman–Crippen MR) is 168 cm³/mol. The van der Waals surface area contributed by atoms with Gasteiger partial charge in [-0.15, -0.1) is 11.3 Å². The van der Waals surface area contributed by atoms with Gasteiger partial charge in [-0.05, 0) is 65.0 Å². The van der Waals surface area contributed by atoms with Crippen molar-refractivity contribution in [2.45, 2.75) is 0 Å². The van der Waals surface area contributed by atoms with E-state index >= 15 is 0 Å². The lowest BCUT2D eigenvalue weighted by Gasteiger charge is -2.12. The van der Waals surface area contributed by atoms with E-state index in [1.807, 2.05) is 72.3 Å². The first-order chi connectivity index (χ1) is 19.8. The van der Waals surface area contributed by atoms with E-state index in [9.17, 15) is 0 Å². The molecule has 8 aromatic rings. The van der Waals surface area contributed by atoms with Crippen molar-refractivity contribution < 1.29 is 4.74 Å². The van der Waals surface area contributed by atoms with E-state index in [0.717, 1.165) is 44.8 Å². The number of fused-ring (bicyclic) bond motifs is 3. The summed E-state index contributed by atoms with van der Waals surface area (Å²) >= 11 is 1.81. The first-order valence-electron chi connectivity index (χ1n) is 13.2. The Kier molecular flexibility index (Phi) is 5.32. The number of thiophene rings is 1. The molecule has 8 rings (SSSR count). The fraction of sp³-hybridized carbons (Fsp3) is 0. The third-order valence-corrected chi connectivity index (χ3v) is 8.50. The van der Waals surface area contributed by atoms with E-state index in [4.69, 9.17) is 9.72 Å². The first-order valence-corrected chi connectivity index (χ1v) is 14.1. The van der Waals surface area contributed by atoms with Gasteiger partial charge in [0.2, 0.25) is 0 Å². The fourth-order valence-electron chi connectivity index (χ4n) is 5.67. The molecular weight excluding hydrogens is 508 g/mol. The molecule has 0 radical (unpaired) electrons. The van der Waals surface area contributed by atoms with Gasteiger partial charge in [0.25, 0.3) is 0 Å². The quantitative estimate of drug-likeness (QED) is 0.164. The summed E-state index contributed by atoms with van der Waals surface area (Å²) in [6.07, 6.45) is 8.14. The van der Waals surface area contributed by atoms with Gasteiger partial charge in [0.05, 0.1) is 11.2 Å². The van der Waals surface area contributed by atoms with Crippen molar-refractivity contribution >= 4 is 65.3 Å². The molecule has 0 spiro atoms. The molecule has 4 heteroatoms. The highest BCUT2D eigenvalue weighted by molar-refractivity contribution is 7.26. The number of para-hydroxylation sites is 1. The number of pyridine rings is 2. The maximum atomic E-state index is 6.29. The minimum atomic E-state index is 0.830. The van der Waals surface area contributed by atoms with Crippen LogP contribution in [0.5, 0.6) is 11.5 Å². The summed E-state index contributed by atoms with van der Waals surface area (Å²) < 4.78 is 8.76. The third-order valence-electron chi connectivity index (χ3n) is 7.40. The molecule has 40 heavy (non-hydrogen) atoms. The minimum Gasteiger partial charge on any atom is -0.457 e. The number of aromatic nitrogens is 2. The zero-order valence-corrected chi connectivity index (χ0v) is 22.2. The van der Waals surface area contributed by atoms with Gasteiger partial charge < -0.3 is 4.74 Å². The molecule has 0 aliphatic rings. The summed E-state index contributed by atoms with van der Waals surface area (Å²) in [6.45, 7) is 0. The van der Waals surface area contributed by atoms with Crippen molar-refractivity contribution in [2.75, 3.05) is 0 Å². The molecule has 0 unspecified atom stereocenters. The second-order valence-electron chi connectivity index (χ2n) is 9.80. The predicted octanol–water partition coefficient (Wildman–Crippen LogP) is 10.2. The highest BCUT2D eigenvalue weighted by atomic mass is 32.1. The fourth-order valence-corrected chi connectivity index (χ4v) is 6.84. The minimum absolute atomic E-state index is 0.830. The number of hydrogen-bond donors (Lipinski definition) is 0. The average Bonchev–Trinajstić information content (AvgIpc) is 3.39. The van der Waals surface area contributed by atoms with E-state index in [2.05, 4.69) is 77.8 Å². The smallest absolute Gasteiger partial charge is 0.129 e. The van der Waals surface area contributed by atoms with Gasteiger partial charge in [-0.2, -0.15) is 0 Å². The Hall–Kier alpha value is -5.06. The Morgan fingerprint density at radius 1 is 0.550 bits per heavy atom. The number of nitrogens with zero attached hydrogens (tertiary/aromatic N) is 2. The topological polar surface area (TPSA) is 35.0 Å². The number of hydrogen-bond acceptors (Lipinski definition) is 4. The summed E-state index contributed by atoms with van der Waals surface area (Å²) in [5, 5.41) is 6.04. The zero-order valence-electron chi connectivity index (χ0n) is 21.4. The Balaban J connectivity index is 1.34. The number of benzene rings is 5. The van der Waals surface area contributed by atoms with Gasteiger partial charge in [-0.1, -0.05) is 72.8 Å². The highest BCUT2D eigenvalue weighted by Gasteiger charge is 2.19. The van der Waals surface area contributed by atoms with Crippen LogP contribution >= 0.6 is 11.3 Å². The number of rotatable bonds is 5. The molecule has 0 saturated heterocycles. The lowest BCUT2D eigenvalue weighted by atomic mass is 9.93. The van der Waals surface area contributed by atoms with Crippen LogP contribution in [-0.4, -0.2) is 9.97 Å². The van der Waals surface area contributed by atoms with Crippen molar-refractivity contribution in [1.82, 2.24) is 9.97 Å². The Morgan fingerprint density at radius 3 is 2.27 bits per heavy atom. The largest absolute Gasteiger partial charge is 0.457 e. The molecule has 3 heterocycles. The summed E-state index contributed by atoms with van der Waals surface area (Å²) in [5.74, 6) is 1.67. The van der Waals surface area contributed by atoms with Crippen LogP contribution in [0.25, 0.3) is 65.3 Å².